The molecule has 0 bridgehead atoms. The predicted octanol–water partition coefficient (Wildman–Crippen LogP) is 2.22. The van der Waals surface area contributed by atoms with Crippen molar-refractivity contribution >= 4 is 28.4 Å². The highest BCUT2D eigenvalue weighted by molar-refractivity contribution is 7.15. The van der Waals surface area contributed by atoms with Gasteiger partial charge in [-0.25, -0.2) is 14.6 Å². The number of nitrogens with zero attached hydrogens (tertiary/aromatic N) is 2. The van der Waals surface area contributed by atoms with E-state index in [1.54, 1.807) is 20.8 Å². The zero-order chi connectivity index (χ0) is 16.5. The van der Waals surface area contributed by atoms with E-state index in [4.69, 9.17) is 4.74 Å². The molecule has 8 heteroatoms. The van der Waals surface area contributed by atoms with Crippen LogP contribution in [-0.4, -0.2) is 38.2 Å². The van der Waals surface area contributed by atoms with E-state index in [2.05, 4.69) is 10.3 Å². The topological polar surface area (TPSA) is 92.9 Å². The van der Waals surface area contributed by atoms with E-state index in [-0.39, 0.29) is 6.42 Å². The molecule has 2 aromatic rings. The molecule has 0 aliphatic rings. The van der Waals surface area contributed by atoms with Crippen LogP contribution in [0, 0.1) is 6.92 Å². The molecule has 1 atom stereocenters. The number of aromatic nitrogens is 2. The number of thiazole rings is 1. The van der Waals surface area contributed by atoms with Crippen molar-refractivity contribution in [2.75, 3.05) is 0 Å². The number of carboxylic acid groups (broad SMARTS) is 1. The van der Waals surface area contributed by atoms with Crippen molar-refractivity contribution in [3.05, 3.63) is 23.0 Å². The largest absolute Gasteiger partial charge is 0.480 e. The number of aliphatic carboxylic acids is 1. The Labute approximate surface area is 131 Å². The fourth-order valence-corrected chi connectivity index (χ4v) is 2.81. The number of imidazole rings is 1. The number of amides is 1. The molecule has 7 nitrogen and oxygen atoms in total. The van der Waals surface area contributed by atoms with Crippen LogP contribution >= 0.6 is 11.3 Å². The number of aryl methyl sites for hydroxylation is 1. The summed E-state index contributed by atoms with van der Waals surface area (Å²) in [5.74, 6) is -1.12. The molecule has 120 valence electrons. The highest BCUT2D eigenvalue weighted by Crippen LogP contribution is 2.18. The van der Waals surface area contributed by atoms with Gasteiger partial charge in [0, 0.05) is 23.7 Å². The lowest BCUT2D eigenvalue weighted by Gasteiger charge is -2.22. The first kappa shape index (κ1) is 16.3. The lowest BCUT2D eigenvalue weighted by atomic mass is 10.1. The summed E-state index contributed by atoms with van der Waals surface area (Å²) in [5, 5.41) is 13.6. The maximum Gasteiger partial charge on any atom is 0.408 e. The van der Waals surface area contributed by atoms with Crippen LogP contribution in [0.4, 0.5) is 4.79 Å². The molecular formula is C14H19N3O4S. The van der Waals surface area contributed by atoms with Crippen LogP contribution in [0.3, 0.4) is 0 Å². The average Bonchev–Trinajstić information content (AvgIpc) is 2.88. The Balaban J connectivity index is 2.15. The normalized spacial score (nSPS) is 13.1. The summed E-state index contributed by atoms with van der Waals surface area (Å²) in [6, 6.07) is -1.08. The molecule has 22 heavy (non-hydrogen) atoms. The van der Waals surface area contributed by atoms with Crippen molar-refractivity contribution in [1.29, 1.82) is 0 Å². The number of carbonyl (C=O) groups excluding carboxylic acids is 1. The molecule has 2 heterocycles. The molecule has 0 spiro atoms. The van der Waals surface area contributed by atoms with Gasteiger partial charge in [-0.1, -0.05) is 0 Å². The Morgan fingerprint density at radius 1 is 1.50 bits per heavy atom. The summed E-state index contributed by atoms with van der Waals surface area (Å²) in [6.07, 6.45) is 1.23. The molecule has 1 amide bonds. The van der Waals surface area contributed by atoms with Gasteiger partial charge >= 0.3 is 12.1 Å². The Hall–Kier alpha value is -2.09. The van der Waals surface area contributed by atoms with Gasteiger partial charge < -0.3 is 15.2 Å². The average molecular weight is 325 g/mol. The fraction of sp³-hybridized carbons (Fsp3) is 0.500. The van der Waals surface area contributed by atoms with Crippen LogP contribution in [0.15, 0.2) is 11.6 Å². The van der Waals surface area contributed by atoms with E-state index in [9.17, 15) is 14.7 Å². The Morgan fingerprint density at radius 3 is 2.77 bits per heavy atom. The van der Waals surface area contributed by atoms with Gasteiger partial charge in [0.15, 0.2) is 4.96 Å². The Morgan fingerprint density at radius 2 is 2.18 bits per heavy atom. The van der Waals surface area contributed by atoms with Crippen LogP contribution in [0.5, 0.6) is 0 Å². The van der Waals surface area contributed by atoms with Crippen molar-refractivity contribution in [3.63, 3.8) is 0 Å². The zero-order valence-corrected chi connectivity index (χ0v) is 13.7. The Bertz CT molecular complexity index is 699. The van der Waals surface area contributed by atoms with Gasteiger partial charge in [-0.15, -0.1) is 11.3 Å². The lowest BCUT2D eigenvalue weighted by molar-refractivity contribution is -0.139. The van der Waals surface area contributed by atoms with E-state index >= 15 is 0 Å². The maximum atomic E-state index is 11.8. The SMILES string of the molecule is Cc1nc2sccn2c1CC(NC(=O)OC(C)(C)C)C(=O)O. The van der Waals surface area contributed by atoms with Gasteiger partial charge in [0.2, 0.25) is 0 Å². The first-order valence-electron chi connectivity index (χ1n) is 6.81. The number of rotatable bonds is 4. The van der Waals surface area contributed by atoms with Gasteiger partial charge in [0.1, 0.15) is 11.6 Å². The zero-order valence-electron chi connectivity index (χ0n) is 12.9. The minimum Gasteiger partial charge on any atom is -0.480 e. The van der Waals surface area contributed by atoms with Gasteiger partial charge in [-0.3, -0.25) is 4.40 Å². The second-order valence-electron chi connectivity index (χ2n) is 5.94. The van der Waals surface area contributed by atoms with Crippen LogP contribution in [0.25, 0.3) is 4.96 Å². The van der Waals surface area contributed by atoms with Crippen molar-refractivity contribution in [3.8, 4) is 0 Å². The molecule has 2 rings (SSSR count). The summed E-state index contributed by atoms with van der Waals surface area (Å²) in [7, 11) is 0. The van der Waals surface area contributed by atoms with E-state index in [1.165, 1.54) is 11.3 Å². The van der Waals surface area contributed by atoms with E-state index in [1.807, 2.05) is 22.9 Å². The van der Waals surface area contributed by atoms with Crippen molar-refractivity contribution in [2.24, 2.45) is 0 Å². The fourth-order valence-electron chi connectivity index (χ4n) is 2.03. The molecule has 0 aliphatic heterocycles. The van der Waals surface area contributed by atoms with E-state index in [0.717, 1.165) is 16.3 Å². The van der Waals surface area contributed by atoms with E-state index < -0.39 is 23.7 Å². The minimum atomic E-state index is -1.12. The molecule has 0 saturated carbocycles. The molecule has 0 fully saturated rings. The number of hydrogen-bond donors (Lipinski definition) is 2. The number of carbonyl (C=O) groups is 2. The molecule has 0 radical (unpaired) electrons. The minimum absolute atomic E-state index is 0.137. The number of nitrogens with one attached hydrogen (secondary N) is 1. The van der Waals surface area contributed by atoms with Gasteiger partial charge in [0.25, 0.3) is 0 Å². The van der Waals surface area contributed by atoms with E-state index in [0.29, 0.717) is 0 Å². The third kappa shape index (κ3) is 3.76. The monoisotopic (exact) mass is 325 g/mol. The van der Waals surface area contributed by atoms with Gasteiger partial charge in [0.05, 0.1) is 5.69 Å². The predicted molar refractivity (Wildman–Crippen MR) is 82.3 cm³/mol. The molecule has 2 N–H and O–H groups in total. The number of fused-ring (bicyclic) bond motifs is 1. The highest BCUT2D eigenvalue weighted by atomic mass is 32.1. The van der Waals surface area contributed by atoms with Crippen LogP contribution < -0.4 is 5.32 Å². The Kier molecular flexibility index (Phi) is 4.41. The summed E-state index contributed by atoms with van der Waals surface area (Å²) in [6.45, 7) is 6.98. The highest BCUT2D eigenvalue weighted by Gasteiger charge is 2.26. The standard InChI is InChI=1S/C14H19N3O4S/c1-8-10(17-5-6-22-12(17)15-8)7-9(11(18)19)16-13(20)21-14(2,3)4/h5-6,9H,7H2,1-4H3,(H,16,20)(H,18,19). The number of alkyl carbamates (subject to hydrolysis) is 1. The number of ether oxygens (including phenoxy) is 1. The first-order valence-corrected chi connectivity index (χ1v) is 7.68. The number of carboxylic acids is 1. The van der Waals surface area contributed by atoms with Crippen molar-refractivity contribution in [2.45, 2.75) is 45.8 Å². The molecule has 0 aliphatic carbocycles. The quantitative estimate of drug-likeness (QED) is 0.899. The van der Waals surface area contributed by atoms with Crippen molar-refractivity contribution < 1.29 is 19.4 Å². The van der Waals surface area contributed by atoms with Gasteiger partial charge in [-0.05, 0) is 27.7 Å². The third-order valence-electron chi connectivity index (χ3n) is 2.95. The smallest absolute Gasteiger partial charge is 0.408 e. The van der Waals surface area contributed by atoms with Crippen molar-refractivity contribution in [1.82, 2.24) is 14.7 Å². The van der Waals surface area contributed by atoms with Gasteiger partial charge in [-0.2, -0.15) is 0 Å². The lowest BCUT2D eigenvalue weighted by Crippen LogP contribution is -2.44. The first-order chi connectivity index (χ1) is 10.2. The number of hydrogen-bond acceptors (Lipinski definition) is 5. The second-order valence-corrected chi connectivity index (χ2v) is 6.81. The molecule has 0 saturated heterocycles. The third-order valence-corrected chi connectivity index (χ3v) is 3.70. The summed E-state index contributed by atoms with van der Waals surface area (Å²) in [5.41, 5.74) is 0.837. The summed E-state index contributed by atoms with van der Waals surface area (Å²) >= 11 is 1.47. The molecule has 2 aromatic heterocycles. The van der Waals surface area contributed by atoms with Crippen LogP contribution in [0.2, 0.25) is 0 Å². The molecular weight excluding hydrogens is 306 g/mol. The summed E-state index contributed by atoms with van der Waals surface area (Å²) in [4.78, 5) is 28.4. The second kappa shape index (κ2) is 5.96. The molecule has 0 aromatic carbocycles. The summed E-state index contributed by atoms with van der Waals surface area (Å²) < 4.78 is 6.95. The van der Waals surface area contributed by atoms with Crippen LogP contribution in [-0.2, 0) is 16.0 Å². The molecule has 1 unspecified atom stereocenters. The maximum absolute atomic E-state index is 11.8. The van der Waals surface area contributed by atoms with Crippen LogP contribution in [0.1, 0.15) is 32.2 Å².